The Balaban J connectivity index is 1.88. The molecule has 0 saturated carbocycles. The second kappa shape index (κ2) is 4.74. The van der Waals surface area contributed by atoms with Crippen molar-refractivity contribution in [2.45, 2.75) is 6.42 Å². The summed E-state index contributed by atoms with van der Waals surface area (Å²) in [4.78, 5) is 37.2. The van der Waals surface area contributed by atoms with E-state index in [1.165, 1.54) is 0 Å². The van der Waals surface area contributed by atoms with Crippen LogP contribution in [0.4, 0.5) is 0 Å². The van der Waals surface area contributed by atoms with Crippen LogP contribution in [0.15, 0.2) is 54.6 Å². The molecule has 4 heteroatoms. The normalized spacial score (nSPS) is 13.5. The van der Waals surface area contributed by atoms with Gasteiger partial charge in [0.2, 0.25) is 5.91 Å². The molecule has 2 aromatic carbocycles. The Morgan fingerprint density at radius 2 is 1.30 bits per heavy atom. The number of carbonyl (C=O) groups excluding carboxylic acids is 3. The van der Waals surface area contributed by atoms with Crippen molar-refractivity contribution in [1.29, 1.82) is 0 Å². The van der Waals surface area contributed by atoms with Gasteiger partial charge < -0.3 is 0 Å². The summed E-state index contributed by atoms with van der Waals surface area (Å²) in [5.41, 5.74) is 1.35. The highest BCUT2D eigenvalue weighted by atomic mass is 16.2. The molecule has 3 rings (SSSR count). The number of fused-ring (bicyclic) bond motifs is 1. The maximum atomic E-state index is 12.2. The monoisotopic (exact) mass is 265 g/mol. The third-order valence-electron chi connectivity index (χ3n) is 3.24. The number of hydrogen-bond acceptors (Lipinski definition) is 3. The zero-order chi connectivity index (χ0) is 14.1. The Bertz CT molecular complexity index is 672. The van der Waals surface area contributed by atoms with Gasteiger partial charge in [0.05, 0.1) is 17.5 Å². The predicted molar refractivity (Wildman–Crippen MR) is 72.1 cm³/mol. The number of benzene rings is 2. The van der Waals surface area contributed by atoms with Gasteiger partial charge in [0, 0.05) is 0 Å². The van der Waals surface area contributed by atoms with Crippen molar-refractivity contribution in [3.8, 4) is 0 Å². The maximum Gasteiger partial charge on any atom is 0.268 e. The molecule has 20 heavy (non-hydrogen) atoms. The molecule has 0 unspecified atom stereocenters. The molecule has 2 aromatic rings. The average Bonchev–Trinajstić information content (AvgIpc) is 2.72. The summed E-state index contributed by atoms with van der Waals surface area (Å²) in [7, 11) is 0. The van der Waals surface area contributed by atoms with E-state index in [-0.39, 0.29) is 6.42 Å². The topological polar surface area (TPSA) is 54.5 Å². The number of hydrogen-bond donors (Lipinski definition) is 0. The van der Waals surface area contributed by atoms with Crippen LogP contribution in [0.2, 0.25) is 0 Å². The van der Waals surface area contributed by atoms with Gasteiger partial charge in [0.15, 0.2) is 0 Å². The molecule has 1 heterocycles. The van der Waals surface area contributed by atoms with Crippen LogP contribution in [-0.4, -0.2) is 22.6 Å². The molecular weight excluding hydrogens is 254 g/mol. The minimum Gasteiger partial charge on any atom is -0.274 e. The van der Waals surface area contributed by atoms with E-state index >= 15 is 0 Å². The van der Waals surface area contributed by atoms with Crippen LogP contribution >= 0.6 is 0 Å². The second-order valence-electron chi connectivity index (χ2n) is 4.55. The summed E-state index contributed by atoms with van der Waals surface area (Å²) in [6.45, 7) is 0. The van der Waals surface area contributed by atoms with Crippen molar-refractivity contribution < 1.29 is 14.4 Å². The lowest BCUT2D eigenvalue weighted by atomic mass is 10.1. The van der Waals surface area contributed by atoms with E-state index in [9.17, 15) is 14.4 Å². The third-order valence-corrected chi connectivity index (χ3v) is 3.24. The summed E-state index contributed by atoms with van der Waals surface area (Å²) in [5, 5.41) is 0. The van der Waals surface area contributed by atoms with Crippen LogP contribution in [-0.2, 0) is 11.2 Å². The van der Waals surface area contributed by atoms with Gasteiger partial charge in [-0.3, -0.25) is 14.4 Å². The minimum absolute atomic E-state index is 0.0340. The van der Waals surface area contributed by atoms with Gasteiger partial charge in [0.1, 0.15) is 0 Å². The molecule has 0 N–H and O–H groups in total. The van der Waals surface area contributed by atoms with Crippen molar-refractivity contribution in [2.75, 3.05) is 0 Å². The molecule has 0 aliphatic carbocycles. The number of rotatable bonds is 2. The highest BCUT2D eigenvalue weighted by molar-refractivity contribution is 6.29. The molecule has 0 bridgehead atoms. The number of amides is 3. The molecule has 4 nitrogen and oxygen atoms in total. The molecule has 0 aromatic heterocycles. The number of carbonyl (C=O) groups is 3. The molecule has 0 saturated heterocycles. The van der Waals surface area contributed by atoms with Crippen LogP contribution in [0.25, 0.3) is 0 Å². The summed E-state index contributed by atoms with van der Waals surface area (Å²) in [6, 6.07) is 15.5. The maximum absolute atomic E-state index is 12.2. The van der Waals surface area contributed by atoms with Gasteiger partial charge in [-0.15, -0.1) is 0 Å². The van der Waals surface area contributed by atoms with Gasteiger partial charge in [-0.2, -0.15) is 0 Å². The second-order valence-corrected chi connectivity index (χ2v) is 4.55. The minimum atomic E-state index is -0.536. The Labute approximate surface area is 115 Å². The first kappa shape index (κ1) is 12.3. The zero-order valence-corrected chi connectivity index (χ0v) is 10.6. The lowest BCUT2D eigenvalue weighted by Gasteiger charge is -2.11. The smallest absolute Gasteiger partial charge is 0.268 e. The van der Waals surface area contributed by atoms with Crippen molar-refractivity contribution in [3.05, 3.63) is 71.3 Å². The SMILES string of the molecule is O=C(Cc1ccccc1)N1C(=O)c2ccccc2C1=O. The largest absolute Gasteiger partial charge is 0.274 e. The van der Waals surface area contributed by atoms with Crippen LogP contribution < -0.4 is 0 Å². The van der Waals surface area contributed by atoms with Crippen molar-refractivity contribution in [3.63, 3.8) is 0 Å². The summed E-state index contributed by atoms with van der Waals surface area (Å²) in [6.07, 6.45) is 0.0340. The summed E-state index contributed by atoms with van der Waals surface area (Å²) >= 11 is 0. The quantitative estimate of drug-likeness (QED) is 0.781. The summed E-state index contributed by atoms with van der Waals surface area (Å²) in [5.74, 6) is -1.57. The first-order valence-electron chi connectivity index (χ1n) is 6.23. The molecule has 1 aliphatic rings. The van der Waals surface area contributed by atoms with Gasteiger partial charge in [0.25, 0.3) is 11.8 Å². The Kier molecular flexibility index (Phi) is 2.91. The molecule has 98 valence electrons. The molecule has 0 radical (unpaired) electrons. The zero-order valence-electron chi connectivity index (χ0n) is 10.6. The number of imide groups is 3. The molecule has 1 aliphatic heterocycles. The molecule has 3 amide bonds. The predicted octanol–water partition coefficient (Wildman–Crippen LogP) is 2.05. The average molecular weight is 265 g/mol. The lowest BCUT2D eigenvalue weighted by Crippen LogP contribution is -2.37. The van der Waals surface area contributed by atoms with Crippen molar-refractivity contribution in [2.24, 2.45) is 0 Å². The molecule has 0 fully saturated rings. The van der Waals surface area contributed by atoms with Crippen molar-refractivity contribution in [1.82, 2.24) is 4.90 Å². The fraction of sp³-hybridized carbons (Fsp3) is 0.0625. The van der Waals surface area contributed by atoms with Gasteiger partial charge in [-0.05, 0) is 17.7 Å². The third kappa shape index (κ3) is 1.91. The molecule has 0 spiro atoms. The van der Waals surface area contributed by atoms with E-state index in [1.807, 2.05) is 18.2 Å². The molecule has 0 atom stereocenters. The van der Waals surface area contributed by atoms with Crippen LogP contribution in [0.5, 0.6) is 0 Å². The van der Waals surface area contributed by atoms with Crippen LogP contribution in [0.1, 0.15) is 26.3 Å². The molecular formula is C16H11NO3. The van der Waals surface area contributed by atoms with E-state index in [4.69, 9.17) is 0 Å². The fourth-order valence-corrected chi connectivity index (χ4v) is 2.27. The highest BCUT2D eigenvalue weighted by Gasteiger charge is 2.39. The van der Waals surface area contributed by atoms with Gasteiger partial charge >= 0.3 is 0 Å². The Morgan fingerprint density at radius 1 is 0.800 bits per heavy atom. The van der Waals surface area contributed by atoms with Gasteiger partial charge in [-0.25, -0.2) is 4.90 Å². The van der Waals surface area contributed by atoms with E-state index in [1.54, 1.807) is 36.4 Å². The van der Waals surface area contributed by atoms with Gasteiger partial charge in [-0.1, -0.05) is 42.5 Å². The fourth-order valence-electron chi connectivity index (χ4n) is 2.27. The Hall–Kier alpha value is -2.75. The van der Waals surface area contributed by atoms with E-state index in [0.717, 1.165) is 10.5 Å². The standard InChI is InChI=1S/C16H11NO3/c18-14(10-11-6-2-1-3-7-11)17-15(19)12-8-4-5-9-13(12)16(17)20/h1-9H,10H2. The first-order valence-corrected chi connectivity index (χ1v) is 6.23. The van der Waals surface area contributed by atoms with E-state index in [0.29, 0.717) is 11.1 Å². The van der Waals surface area contributed by atoms with Crippen molar-refractivity contribution >= 4 is 17.7 Å². The lowest BCUT2D eigenvalue weighted by molar-refractivity contribution is -0.125. The number of nitrogens with zero attached hydrogens (tertiary/aromatic N) is 1. The Morgan fingerprint density at radius 3 is 1.85 bits per heavy atom. The van der Waals surface area contributed by atoms with Crippen LogP contribution in [0.3, 0.4) is 0 Å². The highest BCUT2D eigenvalue weighted by Crippen LogP contribution is 2.23. The van der Waals surface area contributed by atoms with E-state index < -0.39 is 17.7 Å². The van der Waals surface area contributed by atoms with Crippen LogP contribution in [0, 0.1) is 0 Å². The summed E-state index contributed by atoms with van der Waals surface area (Å²) < 4.78 is 0. The first-order chi connectivity index (χ1) is 9.68. The van der Waals surface area contributed by atoms with E-state index in [2.05, 4.69) is 0 Å².